The van der Waals surface area contributed by atoms with Crippen molar-refractivity contribution in [2.75, 3.05) is 20.7 Å². The molecular weight excluding hydrogens is 210 g/mol. The Hall–Kier alpha value is -0.870. The highest BCUT2D eigenvalue weighted by molar-refractivity contribution is 7.07. The molecule has 4 heteroatoms. The lowest BCUT2D eigenvalue weighted by Crippen LogP contribution is -2.23. The lowest BCUT2D eigenvalue weighted by molar-refractivity contribution is -0.144. The van der Waals surface area contributed by atoms with Gasteiger partial charge in [0.15, 0.2) is 0 Å². The fourth-order valence-electron chi connectivity index (χ4n) is 1.44. The Balaban J connectivity index is 2.64. The molecule has 1 atom stereocenters. The topological polar surface area (TPSA) is 29.5 Å². The number of thiophene rings is 1. The van der Waals surface area contributed by atoms with Gasteiger partial charge in [-0.25, -0.2) is 0 Å². The zero-order valence-corrected chi connectivity index (χ0v) is 10.2. The van der Waals surface area contributed by atoms with Crippen molar-refractivity contribution in [3.63, 3.8) is 0 Å². The summed E-state index contributed by atoms with van der Waals surface area (Å²) in [7, 11) is 3.95. The molecule has 84 valence electrons. The van der Waals surface area contributed by atoms with Crippen LogP contribution in [0.5, 0.6) is 0 Å². The highest BCUT2D eigenvalue weighted by Gasteiger charge is 2.18. The standard InChI is InChI=1S/C11H17NO2S/c1-4-14-11(13)7-10(12(2)3)9-5-6-15-8-9/h5-6,8,10H,4,7H2,1-3H3. The van der Waals surface area contributed by atoms with Gasteiger partial charge in [0.25, 0.3) is 0 Å². The van der Waals surface area contributed by atoms with E-state index in [1.54, 1.807) is 11.3 Å². The normalized spacial score (nSPS) is 12.8. The van der Waals surface area contributed by atoms with Crippen LogP contribution >= 0.6 is 11.3 Å². The van der Waals surface area contributed by atoms with Gasteiger partial charge in [-0.05, 0) is 43.4 Å². The summed E-state index contributed by atoms with van der Waals surface area (Å²) in [6.45, 7) is 2.27. The maximum absolute atomic E-state index is 11.4. The summed E-state index contributed by atoms with van der Waals surface area (Å²) in [5.74, 6) is -0.137. The monoisotopic (exact) mass is 227 g/mol. The molecule has 0 N–H and O–H groups in total. The van der Waals surface area contributed by atoms with E-state index in [0.29, 0.717) is 13.0 Å². The number of esters is 1. The summed E-state index contributed by atoms with van der Waals surface area (Å²) in [4.78, 5) is 13.4. The molecule has 0 amide bonds. The Morgan fingerprint density at radius 3 is 2.80 bits per heavy atom. The smallest absolute Gasteiger partial charge is 0.307 e. The van der Waals surface area contributed by atoms with E-state index < -0.39 is 0 Å². The van der Waals surface area contributed by atoms with Gasteiger partial charge in [-0.15, -0.1) is 0 Å². The second kappa shape index (κ2) is 5.88. The largest absolute Gasteiger partial charge is 0.466 e. The van der Waals surface area contributed by atoms with Gasteiger partial charge in [-0.2, -0.15) is 11.3 Å². The summed E-state index contributed by atoms with van der Waals surface area (Å²) in [5, 5.41) is 4.10. The van der Waals surface area contributed by atoms with E-state index in [-0.39, 0.29) is 12.0 Å². The number of carbonyl (C=O) groups is 1. The van der Waals surface area contributed by atoms with Crippen LogP contribution < -0.4 is 0 Å². The second-order valence-corrected chi connectivity index (χ2v) is 4.33. The Morgan fingerprint density at radius 2 is 2.33 bits per heavy atom. The average Bonchev–Trinajstić information content (AvgIpc) is 2.66. The molecule has 0 saturated carbocycles. The van der Waals surface area contributed by atoms with Crippen LogP contribution in [0.15, 0.2) is 16.8 Å². The minimum absolute atomic E-state index is 0.121. The number of nitrogens with zero attached hydrogens (tertiary/aromatic N) is 1. The molecule has 3 nitrogen and oxygen atoms in total. The van der Waals surface area contributed by atoms with E-state index in [9.17, 15) is 4.79 Å². The predicted molar refractivity (Wildman–Crippen MR) is 62.0 cm³/mol. The van der Waals surface area contributed by atoms with Crippen molar-refractivity contribution in [1.82, 2.24) is 4.90 Å². The van der Waals surface area contributed by atoms with E-state index in [1.165, 1.54) is 5.56 Å². The fraction of sp³-hybridized carbons (Fsp3) is 0.545. The molecular formula is C11H17NO2S. The van der Waals surface area contributed by atoms with Gasteiger partial charge < -0.3 is 9.64 Å². The van der Waals surface area contributed by atoms with Crippen LogP contribution in [-0.2, 0) is 9.53 Å². The van der Waals surface area contributed by atoms with Gasteiger partial charge in [0.2, 0.25) is 0 Å². The average molecular weight is 227 g/mol. The van der Waals surface area contributed by atoms with E-state index in [1.807, 2.05) is 31.3 Å². The maximum atomic E-state index is 11.4. The third kappa shape index (κ3) is 3.64. The van der Waals surface area contributed by atoms with Crippen LogP contribution in [0.4, 0.5) is 0 Å². The third-order valence-corrected chi connectivity index (χ3v) is 2.92. The van der Waals surface area contributed by atoms with E-state index >= 15 is 0 Å². The first-order valence-electron chi connectivity index (χ1n) is 4.99. The minimum atomic E-state index is -0.137. The highest BCUT2D eigenvalue weighted by atomic mass is 32.1. The molecule has 0 aliphatic carbocycles. The molecule has 0 saturated heterocycles. The molecule has 0 radical (unpaired) electrons. The molecule has 0 fully saturated rings. The number of carbonyl (C=O) groups excluding carboxylic acids is 1. The molecule has 0 spiro atoms. The van der Waals surface area contributed by atoms with Crippen LogP contribution in [0.1, 0.15) is 24.9 Å². The summed E-state index contributed by atoms with van der Waals surface area (Å²) in [6, 6.07) is 2.17. The van der Waals surface area contributed by atoms with E-state index in [2.05, 4.69) is 11.4 Å². The van der Waals surface area contributed by atoms with Crippen molar-refractivity contribution in [1.29, 1.82) is 0 Å². The van der Waals surface area contributed by atoms with Crippen molar-refractivity contribution >= 4 is 17.3 Å². The van der Waals surface area contributed by atoms with Crippen LogP contribution in [0.2, 0.25) is 0 Å². The Labute approximate surface area is 94.7 Å². The molecule has 1 unspecified atom stereocenters. The first kappa shape index (κ1) is 12.2. The van der Waals surface area contributed by atoms with E-state index in [0.717, 1.165) is 0 Å². The lowest BCUT2D eigenvalue weighted by Gasteiger charge is -2.22. The number of hydrogen-bond acceptors (Lipinski definition) is 4. The highest BCUT2D eigenvalue weighted by Crippen LogP contribution is 2.24. The zero-order chi connectivity index (χ0) is 11.3. The van der Waals surface area contributed by atoms with E-state index in [4.69, 9.17) is 4.74 Å². The number of rotatable bonds is 5. The second-order valence-electron chi connectivity index (χ2n) is 3.55. The Bertz CT molecular complexity index is 296. The summed E-state index contributed by atoms with van der Waals surface area (Å²) in [6.07, 6.45) is 0.414. The van der Waals surface area contributed by atoms with Gasteiger partial charge in [-0.1, -0.05) is 0 Å². The molecule has 0 aliphatic rings. The van der Waals surface area contributed by atoms with Crippen molar-refractivity contribution in [2.24, 2.45) is 0 Å². The van der Waals surface area contributed by atoms with Gasteiger partial charge in [0, 0.05) is 6.04 Å². The lowest BCUT2D eigenvalue weighted by atomic mass is 10.1. The molecule has 0 aromatic carbocycles. The molecule has 1 aromatic rings. The number of hydrogen-bond donors (Lipinski definition) is 0. The molecule has 0 aliphatic heterocycles. The summed E-state index contributed by atoms with van der Waals surface area (Å²) < 4.78 is 4.96. The molecule has 15 heavy (non-hydrogen) atoms. The zero-order valence-electron chi connectivity index (χ0n) is 9.40. The van der Waals surface area contributed by atoms with Gasteiger partial charge in [0.1, 0.15) is 0 Å². The number of ether oxygens (including phenoxy) is 1. The molecule has 1 heterocycles. The SMILES string of the molecule is CCOC(=O)CC(c1ccsc1)N(C)C. The van der Waals surface area contributed by atoms with Crippen molar-refractivity contribution in [3.8, 4) is 0 Å². The van der Waals surface area contributed by atoms with Gasteiger partial charge >= 0.3 is 5.97 Å². The van der Waals surface area contributed by atoms with Crippen molar-refractivity contribution < 1.29 is 9.53 Å². The third-order valence-electron chi connectivity index (χ3n) is 2.22. The van der Waals surface area contributed by atoms with Crippen molar-refractivity contribution in [3.05, 3.63) is 22.4 Å². The maximum Gasteiger partial charge on any atom is 0.307 e. The van der Waals surface area contributed by atoms with Gasteiger partial charge in [-0.3, -0.25) is 4.79 Å². The first-order chi connectivity index (χ1) is 7.15. The van der Waals surface area contributed by atoms with Crippen molar-refractivity contribution in [2.45, 2.75) is 19.4 Å². The van der Waals surface area contributed by atoms with Crippen LogP contribution in [0.25, 0.3) is 0 Å². The first-order valence-corrected chi connectivity index (χ1v) is 5.93. The van der Waals surface area contributed by atoms with Crippen LogP contribution in [0, 0.1) is 0 Å². The molecule has 0 bridgehead atoms. The van der Waals surface area contributed by atoms with Crippen LogP contribution in [0.3, 0.4) is 0 Å². The summed E-state index contributed by atoms with van der Waals surface area (Å²) in [5.41, 5.74) is 1.18. The fourth-order valence-corrected chi connectivity index (χ4v) is 2.15. The molecule has 1 aromatic heterocycles. The quantitative estimate of drug-likeness (QED) is 0.723. The minimum Gasteiger partial charge on any atom is -0.466 e. The molecule has 1 rings (SSSR count). The van der Waals surface area contributed by atoms with Gasteiger partial charge in [0.05, 0.1) is 13.0 Å². The summed E-state index contributed by atoms with van der Waals surface area (Å²) >= 11 is 1.65. The Morgan fingerprint density at radius 1 is 1.60 bits per heavy atom. The van der Waals surface area contributed by atoms with Crippen LogP contribution in [-0.4, -0.2) is 31.6 Å². The predicted octanol–water partition coefficient (Wildman–Crippen LogP) is 2.30. The Kier molecular flexibility index (Phi) is 4.78.